The molecule has 1 aliphatic heterocycles. The van der Waals surface area contributed by atoms with E-state index < -0.39 is 5.60 Å². The van der Waals surface area contributed by atoms with Crippen molar-refractivity contribution in [2.75, 3.05) is 0 Å². The Hall–Kier alpha value is -2.36. The van der Waals surface area contributed by atoms with Crippen LogP contribution in [0.25, 0.3) is 5.70 Å². The molecule has 4 heteroatoms. The van der Waals surface area contributed by atoms with Gasteiger partial charge in [-0.2, -0.15) is 0 Å². The molecule has 0 saturated carbocycles. The molecule has 0 unspecified atom stereocenters. The van der Waals surface area contributed by atoms with Gasteiger partial charge in [0.2, 0.25) is 5.91 Å². The smallest absolute Gasteiger partial charge is 0.248 e. The molecule has 1 amide bonds. The van der Waals surface area contributed by atoms with Crippen LogP contribution in [0.3, 0.4) is 0 Å². The third-order valence-electron chi connectivity index (χ3n) is 2.75. The van der Waals surface area contributed by atoms with Crippen molar-refractivity contribution in [1.29, 1.82) is 0 Å². The first-order chi connectivity index (χ1) is 9.52. The van der Waals surface area contributed by atoms with Crippen molar-refractivity contribution in [2.24, 2.45) is 0 Å². The summed E-state index contributed by atoms with van der Waals surface area (Å²) in [6.45, 7) is 5.78. The summed E-state index contributed by atoms with van der Waals surface area (Å²) in [6, 6.07) is 1.80. The van der Waals surface area contributed by atoms with Crippen molar-refractivity contribution >= 4 is 11.6 Å². The number of hydrogen-bond acceptors (Lipinski definition) is 3. The Morgan fingerprint density at radius 2 is 2.20 bits per heavy atom. The first-order valence-corrected chi connectivity index (χ1v) is 6.48. The van der Waals surface area contributed by atoms with Gasteiger partial charge in [-0.3, -0.25) is 9.78 Å². The molecule has 1 aromatic heterocycles. The van der Waals surface area contributed by atoms with E-state index >= 15 is 0 Å². The Kier molecular flexibility index (Phi) is 4.03. The average Bonchev–Trinajstić information content (AvgIpc) is 2.37. The second kappa shape index (κ2) is 5.74. The molecule has 0 spiro atoms. The first kappa shape index (κ1) is 14.1. The highest BCUT2D eigenvalue weighted by Crippen LogP contribution is 2.33. The predicted octanol–water partition coefficient (Wildman–Crippen LogP) is 2.84. The molecule has 2 heterocycles. The van der Waals surface area contributed by atoms with Gasteiger partial charge in [0.1, 0.15) is 11.4 Å². The Bertz CT molecular complexity index is 598. The van der Waals surface area contributed by atoms with Crippen LogP contribution < -0.4 is 10.1 Å². The monoisotopic (exact) mass is 270 g/mol. The lowest BCUT2D eigenvalue weighted by molar-refractivity contribution is -0.115. The fourth-order valence-electron chi connectivity index (χ4n) is 1.94. The van der Waals surface area contributed by atoms with Gasteiger partial charge in [-0.1, -0.05) is 18.2 Å². The standard InChI is InChI=1S/C16H18N2O2/c1-4-5-6-7-15(19)18-13-10-16(2,3)20-14-8-9-17-11-12(13)14/h4-11H,1-3H3,(H,18,19)/b5-4-,7-6-. The number of amides is 1. The summed E-state index contributed by atoms with van der Waals surface area (Å²) in [4.78, 5) is 16.0. The molecule has 0 fully saturated rings. The lowest BCUT2D eigenvalue weighted by Crippen LogP contribution is -2.33. The van der Waals surface area contributed by atoms with Crippen LogP contribution in [-0.4, -0.2) is 16.5 Å². The molecule has 0 radical (unpaired) electrons. The zero-order chi connectivity index (χ0) is 14.6. The van der Waals surface area contributed by atoms with Gasteiger partial charge in [-0.25, -0.2) is 0 Å². The molecule has 0 saturated heterocycles. The number of allylic oxidation sites excluding steroid dienone is 3. The molecule has 20 heavy (non-hydrogen) atoms. The maximum atomic E-state index is 11.9. The molecular formula is C16H18N2O2. The first-order valence-electron chi connectivity index (χ1n) is 6.48. The van der Waals surface area contributed by atoms with E-state index in [1.165, 1.54) is 6.08 Å². The number of hydrogen-bond donors (Lipinski definition) is 1. The van der Waals surface area contributed by atoms with Crippen molar-refractivity contribution in [3.05, 3.63) is 54.4 Å². The maximum absolute atomic E-state index is 11.9. The number of nitrogens with zero attached hydrogens (tertiary/aromatic N) is 1. The summed E-state index contributed by atoms with van der Waals surface area (Å²) in [5, 5.41) is 2.87. The van der Waals surface area contributed by atoms with Gasteiger partial charge >= 0.3 is 0 Å². The summed E-state index contributed by atoms with van der Waals surface area (Å²) in [7, 11) is 0. The number of rotatable bonds is 3. The van der Waals surface area contributed by atoms with E-state index in [1.807, 2.05) is 32.9 Å². The number of pyridine rings is 1. The van der Waals surface area contributed by atoms with E-state index in [9.17, 15) is 4.79 Å². The normalized spacial score (nSPS) is 16.6. The van der Waals surface area contributed by atoms with Crippen LogP contribution in [0.2, 0.25) is 0 Å². The number of fused-ring (bicyclic) bond motifs is 1. The number of ether oxygens (including phenoxy) is 1. The van der Waals surface area contributed by atoms with E-state index in [0.717, 1.165) is 17.0 Å². The molecule has 4 nitrogen and oxygen atoms in total. The highest BCUT2D eigenvalue weighted by atomic mass is 16.5. The van der Waals surface area contributed by atoms with Crippen LogP contribution in [0.1, 0.15) is 26.3 Å². The van der Waals surface area contributed by atoms with E-state index in [4.69, 9.17) is 4.74 Å². The maximum Gasteiger partial charge on any atom is 0.248 e. The molecule has 2 rings (SSSR count). The molecule has 1 aromatic rings. The van der Waals surface area contributed by atoms with Crippen molar-refractivity contribution < 1.29 is 9.53 Å². The zero-order valence-electron chi connectivity index (χ0n) is 11.9. The number of carbonyl (C=O) groups is 1. The Morgan fingerprint density at radius 1 is 1.40 bits per heavy atom. The SMILES string of the molecule is C/C=C\C=C/C(=O)NC1=CC(C)(C)Oc2ccncc21. The van der Waals surface area contributed by atoms with E-state index in [0.29, 0.717) is 0 Å². The highest BCUT2D eigenvalue weighted by Gasteiger charge is 2.27. The second-order valence-corrected chi connectivity index (χ2v) is 5.01. The Morgan fingerprint density at radius 3 is 2.95 bits per heavy atom. The molecule has 0 bridgehead atoms. The largest absolute Gasteiger partial charge is 0.483 e. The fraction of sp³-hybridized carbons (Fsp3) is 0.250. The molecular weight excluding hydrogens is 252 g/mol. The number of carbonyl (C=O) groups excluding carboxylic acids is 1. The van der Waals surface area contributed by atoms with Gasteiger partial charge in [0.25, 0.3) is 0 Å². The third-order valence-corrected chi connectivity index (χ3v) is 2.75. The fourth-order valence-corrected chi connectivity index (χ4v) is 1.94. The Balaban J connectivity index is 2.25. The van der Waals surface area contributed by atoms with Crippen LogP contribution in [0, 0.1) is 0 Å². The molecule has 1 aliphatic rings. The zero-order valence-corrected chi connectivity index (χ0v) is 11.9. The number of aromatic nitrogens is 1. The summed E-state index contributed by atoms with van der Waals surface area (Å²) in [6.07, 6.45) is 12.1. The molecule has 104 valence electrons. The van der Waals surface area contributed by atoms with Crippen LogP contribution in [0.4, 0.5) is 0 Å². The molecule has 0 aliphatic carbocycles. The van der Waals surface area contributed by atoms with Crippen LogP contribution in [0.5, 0.6) is 5.75 Å². The van der Waals surface area contributed by atoms with Crippen LogP contribution in [0.15, 0.2) is 48.8 Å². The Labute approximate surface area is 118 Å². The van der Waals surface area contributed by atoms with E-state index in [-0.39, 0.29) is 5.91 Å². The second-order valence-electron chi connectivity index (χ2n) is 5.01. The minimum atomic E-state index is -0.468. The van der Waals surface area contributed by atoms with Gasteiger partial charge in [-0.05, 0) is 32.9 Å². The summed E-state index contributed by atoms with van der Waals surface area (Å²) < 4.78 is 5.83. The van der Waals surface area contributed by atoms with Crippen LogP contribution >= 0.6 is 0 Å². The van der Waals surface area contributed by atoms with Gasteiger partial charge < -0.3 is 10.1 Å². The highest BCUT2D eigenvalue weighted by molar-refractivity contribution is 5.95. The summed E-state index contributed by atoms with van der Waals surface area (Å²) >= 11 is 0. The molecule has 1 N–H and O–H groups in total. The lowest BCUT2D eigenvalue weighted by Gasteiger charge is -2.30. The quantitative estimate of drug-likeness (QED) is 0.678. The summed E-state index contributed by atoms with van der Waals surface area (Å²) in [5.41, 5.74) is 1.04. The lowest BCUT2D eigenvalue weighted by atomic mass is 10.0. The molecule has 0 atom stereocenters. The minimum absolute atomic E-state index is 0.179. The molecule has 0 aromatic carbocycles. The van der Waals surface area contributed by atoms with E-state index in [2.05, 4.69) is 10.3 Å². The van der Waals surface area contributed by atoms with Gasteiger partial charge in [0.05, 0.1) is 11.3 Å². The van der Waals surface area contributed by atoms with Crippen molar-refractivity contribution in [2.45, 2.75) is 26.4 Å². The third kappa shape index (κ3) is 3.35. The average molecular weight is 270 g/mol. The summed E-state index contributed by atoms with van der Waals surface area (Å²) in [5.74, 6) is 0.544. The topological polar surface area (TPSA) is 51.2 Å². The minimum Gasteiger partial charge on any atom is -0.483 e. The predicted molar refractivity (Wildman–Crippen MR) is 79.0 cm³/mol. The van der Waals surface area contributed by atoms with Crippen LogP contribution in [-0.2, 0) is 4.79 Å². The van der Waals surface area contributed by atoms with Crippen molar-refractivity contribution in [3.63, 3.8) is 0 Å². The van der Waals surface area contributed by atoms with Crippen molar-refractivity contribution in [3.8, 4) is 5.75 Å². The van der Waals surface area contributed by atoms with Gasteiger partial charge in [-0.15, -0.1) is 0 Å². The number of nitrogens with one attached hydrogen (secondary N) is 1. The van der Waals surface area contributed by atoms with E-state index in [1.54, 1.807) is 30.6 Å². The van der Waals surface area contributed by atoms with Gasteiger partial charge in [0.15, 0.2) is 0 Å². The van der Waals surface area contributed by atoms with Crippen molar-refractivity contribution in [1.82, 2.24) is 10.3 Å². The van der Waals surface area contributed by atoms with Gasteiger partial charge in [0, 0.05) is 18.5 Å².